The molecule has 0 saturated heterocycles. The SMILES string of the molecule is Cc1ccc(S(=O)(=O)n2c(C)c(OCCN(C)C)c3ccc(Cl)cc32)cc1. The summed E-state index contributed by atoms with van der Waals surface area (Å²) in [6.45, 7) is 4.86. The van der Waals surface area contributed by atoms with Crippen LogP contribution in [-0.2, 0) is 10.0 Å². The highest BCUT2D eigenvalue weighted by molar-refractivity contribution is 7.90. The number of aryl methyl sites for hydroxylation is 1. The third-order valence-electron chi connectivity index (χ3n) is 4.40. The summed E-state index contributed by atoms with van der Waals surface area (Å²) in [5.41, 5.74) is 2.05. The largest absolute Gasteiger partial charge is 0.490 e. The Hall–Kier alpha value is -2.02. The van der Waals surface area contributed by atoms with Gasteiger partial charge >= 0.3 is 0 Å². The van der Waals surface area contributed by atoms with Gasteiger partial charge in [-0.3, -0.25) is 0 Å². The van der Waals surface area contributed by atoms with Crippen LogP contribution in [0.3, 0.4) is 0 Å². The Morgan fingerprint density at radius 3 is 2.37 bits per heavy atom. The summed E-state index contributed by atoms with van der Waals surface area (Å²) in [5, 5.41) is 1.20. The van der Waals surface area contributed by atoms with Crippen molar-refractivity contribution in [2.24, 2.45) is 0 Å². The highest BCUT2D eigenvalue weighted by Crippen LogP contribution is 2.37. The number of halogens is 1. The van der Waals surface area contributed by atoms with E-state index in [1.165, 1.54) is 3.97 Å². The van der Waals surface area contributed by atoms with E-state index in [0.29, 0.717) is 28.6 Å². The van der Waals surface area contributed by atoms with Crippen molar-refractivity contribution in [1.82, 2.24) is 8.87 Å². The molecule has 0 amide bonds. The maximum Gasteiger partial charge on any atom is 0.268 e. The normalized spacial score (nSPS) is 12.1. The quantitative estimate of drug-likeness (QED) is 0.618. The van der Waals surface area contributed by atoms with Crippen LogP contribution >= 0.6 is 11.6 Å². The van der Waals surface area contributed by atoms with Gasteiger partial charge in [0, 0.05) is 17.0 Å². The molecule has 0 saturated carbocycles. The highest BCUT2D eigenvalue weighted by atomic mass is 35.5. The van der Waals surface area contributed by atoms with E-state index in [0.717, 1.165) is 17.5 Å². The van der Waals surface area contributed by atoms with Crippen LogP contribution in [0, 0.1) is 13.8 Å². The summed E-state index contributed by atoms with van der Waals surface area (Å²) in [5.74, 6) is 0.569. The second kappa shape index (κ2) is 7.54. The Kier molecular flexibility index (Phi) is 5.51. The summed E-state index contributed by atoms with van der Waals surface area (Å²) in [4.78, 5) is 2.24. The minimum absolute atomic E-state index is 0.230. The van der Waals surface area contributed by atoms with Crippen LogP contribution < -0.4 is 4.74 Å². The van der Waals surface area contributed by atoms with Crippen LogP contribution in [0.5, 0.6) is 5.75 Å². The molecule has 1 aromatic heterocycles. The summed E-state index contributed by atoms with van der Waals surface area (Å²) in [6.07, 6.45) is 0. The first-order chi connectivity index (χ1) is 12.7. The number of hydrogen-bond acceptors (Lipinski definition) is 4. The van der Waals surface area contributed by atoms with Gasteiger partial charge in [-0.25, -0.2) is 12.4 Å². The molecule has 27 heavy (non-hydrogen) atoms. The van der Waals surface area contributed by atoms with Crippen LogP contribution in [-0.4, -0.2) is 44.5 Å². The molecular weight excluding hydrogens is 384 g/mol. The highest BCUT2D eigenvalue weighted by Gasteiger charge is 2.26. The van der Waals surface area contributed by atoms with Crippen LogP contribution in [0.25, 0.3) is 10.9 Å². The molecule has 0 fully saturated rings. The van der Waals surface area contributed by atoms with Gasteiger partial charge in [0.25, 0.3) is 10.0 Å². The molecule has 0 aliphatic carbocycles. The Labute approximate surface area is 165 Å². The number of hydrogen-bond donors (Lipinski definition) is 0. The van der Waals surface area contributed by atoms with Crippen LogP contribution in [0.2, 0.25) is 5.02 Å². The van der Waals surface area contributed by atoms with Gasteiger partial charge in [-0.15, -0.1) is 0 Å². The van der Waals surface area contributed by atoms with Gasteiger partial charge < -0.3 is 9.64 Å². The molecule has 5 nitrogen and oxygen atoms in total. The molecule has 0 radical (unpaired) electrons. The molecule has 2 aromatic carbocycles. The molecule has 144 valence electrons. The fourth-order valence-electron chi connectivity index (χ4n) is 2.97. The van der Waals surface area contributed by atoms with Gasteiger partial charge in [0.05, 0.1) is 16.1 Å². The van der Waals surface area contributed by atoms with Crippen molar-refractivity contribution in [3.05, 3.63) is 58.7 Å². The van der Waals surface area contributed by atoms with E-state index < -0.39 is 10.0 Å². The van der Waals surface area contributed by atoms with Gasteiger partial charge in [-0.1, -0.05) is 29.3 Å². The first-order valence-electron chi connectivity index (χ1n) is 8.62. The van der Waals surface area contributed by atoms with Crippen molar-refractivity contribution >= 4 is 32.5 Å². The third kappa shape index (κ3) is 3.83. The zero-order chi connectivity index (χ0) is 19.8. The molecule has 0 bridgehead atoms. The van der Waals surface area contributed by atoms with Crippen LogP contribution in [0.4, 0.5) is 0 Å². The van der Waals surface area contributed by atoms with Gasteiger partial charge in [0.15, 0.2) is 0 Å². The smallest absolute Gasteiger partial charge is 0.268 e. The molecule has 0 atom stereocenters. The van der Waals surface area contributed by atoms with Gasteiger partial charge in [0.1, 0.15) is 12.4 Å². The lowest BCUT2D eigenvalue weighted by atomic mass is 10.2. The fraction of sp³-hybridized carbons (Fsp3) is 0.300. The van der Waals surface area contributed by atoms with E-state index in [9.17, 15) is 8.42 Å². The van der Waals surface area contributed by atoms with Gasteiger partial charge in [0.2, 0.25) is 0 Å². The number of rotatable bonds is 6. The molecule has 1 heterocycles. The Bertz CT molecular complexity index is 1070. The minimum Gasteiger partial charge on any atom is -0.490 e. The summed E-state index contributed by atoms with van der Waals surface area (Å²) >= 11 is 6.16. The van der Waals surface area contributed by atoms with E-state index in [1.54, 1.807) is 49.4 Å². The summed E-state index contributed by atoms with van der Waals surface area (Å²) < 4.78 is 34.0. The lowest BCUT2D eigenvalue weighted by Gasteiger charge is -2.12. The molecule has 7 heteroatoms. The lowest BCUT2D eigenvalue weighted by Crippen LogP contribution is -2.20. The molecule has 3 aromatic rings. The maximum atomic E-state index is 13.3. The maximum absolute atomic E-state index is 13.3. The van der Waals surface area contributed by atoms with Crippen molar-refractivity contribution < 1.29 is 13.2 Å². The van der Waals surface area contributed by atoms with E-state index >= 15 is 0 Å². The molecule has 0 aliphatic rings. The molecule has 0 N–H and O–H groups in total. The van der Waals surface area contributed by atoms with Crippen molar-refractivity contribution in [3.63, 3.8) is 0 Å². The number of fused-ring (bicyclic) bond motifs is 1. The molecular formula is C20H23ClN2O3S. The first kappa shape index (κ1) is 19.7. The first-order valence-corrected chi connectivity index (χ1v) is 10.4. The summed E-state index contributed by atoms with van der Waals surface area (Å²) in [6, 6.07) is 12.0. The summed E-state index contributed by atoms with van der Waals surface area (Å²) in [7, 11) is 0.136. The molecule has 3 rings (SSSR count). The van der Waals surface area contributed by atoms with E-state index in [1.807, 2.05) is 25.9 Å². The zero-order valence-corrected chi connectivity index (χ0v) is 17.4. The minimum atomic E-state index is -3.78. The predicted octanol–water partition coefficient (Wildman–Crippen LogP) is 4.09. The number of benzene rings is 2. The van der Waals surface area contributed by atoms with Crippen LogP contribution in [0.15, 0.2) is 47.4 Å². The lowest BCUT2D eigenvalue weighted by molar-refractivity contribution is 0.262. The van der Waals surface area contributed by atoms with Crippen molar-refractivity contribution in [3.8, 4) is 5.75 Å². The second-order valence-electron chi connectivity index (χ2n) is 6.81. The van der Waals surface area contributed by atoms with E-state index in [2.05, 4.69) is 0 Å². The second-order valence-corrected chi connectivity index (χ2v) is 9.03. The van der Waals surface area contributed by atoms with Gasteiger partial charge in [-0.05, 0) is 58.3 Å². The Morgan fingerprint density at radius 1 is 1.07 bits per heavy atom. The molecule has 0 aliphatic heterocycles. The molecule has 0 spiro atoms. The van der Waals surface area contributed by atoms with E-state index in [4.69, 9.17) is 16.3 Å². The zero-order valence-electron chi connectivity index (χ0n) is 15.9. The number of ether oxygens (including phenoxy) is 1. The van der Waals surface area contributed by atoms with Crippen molar-refractivity contribution in [2.75, 3.05) is 27.2 Å². The average molecular weight is 407 g/mol. The Balaban J connectivity index is 2.18. The molecule has 0 unspecified atom stereocenters. The van der Waals surface area contributed by atoms with Gasteiger partial charge in [-0.2, -0.15) is 0 Å². The predicted molar refractivity (Wildman–Crippen MR) is 109 cm³/mol. The van der Waals surface area contributed by atoms with Crippen molar-refractivity contribution in [2.45, 2.75) is 18.7 Å². The van der Waals surface area contributed by atoms with E-state index in [-0.39, 0.29) is 4.90 Å². The monoisotopic (exact) mass is 406 g/mol. The third-order valence-corrected chi connectivity index (χ3v) is 6.45. The van der Waals surface area contributed by atoms with Crippen LogP contribution in [0.1, 0.15) is 11.3 Å². The number of aromatic nitrogens is 1. The topological polar surface area (TPSA) is 51.5 Å². The number of likely N-dealkylation sites (N-methyl/N-ethyl adjacent to an activating group) is 1. The number of nitrogens with zero attached hydrogens (tertiary/aromatic N) is 2. The Morgan fingerprint density at radius 2 is 1.74 bits per heavy atom. The standard InChI is InChI=1S/C20H23ClN2O3S/c1-14-5-8-17(9-6-14)27(24,25)23-15(2)20(26-12-11-22(3)4)18-10-7-16(21)13-19(18)23/h5-10,13H,11-12H2,1-4H3. The average Bonchev–Trinajstić information content (AvgIpc) is 2.86. The van der Waals surface area contributed by atoms with Crippen molar-refractivity contribution in [1.29, 1.82) is 0 Å². The fourth-order valence-corrected chi connectivity index (χ4v) is 4.68.